The number of halogens is 4. The third kappa shape index (κ3) is 3.69. The summed E-state index contributed by atoms with van der Waals surface area (Å²) in [6, 6.07) is 3.25. The van der Waals surface area contributed by atoms with Crippen LogP contribution in [-0.2, 0) is 14.9 Å². The number of hydrogen-bond acceptors (Lipinski definition) is 3. The average Bonchev–Trinajstić information content (AvgIpc) is 2.44. The molecule has 0 amide bonds. The van der Waals surface area contributed by atoms with Crippen molar-refractivity contribution in [3.05, 3.63) is 33.9 Å². The molecule has 1 aliphatic heterocycles. The zero-order valence-corrected chi connectivity index (χ0v) is 14.5. The van der Waals surface area contributed by atoms with E-state index in [1.165, 1.54) is 6.92 Å². The van der Waals surface area contributed by atoms with Crippen LogP contribution in [0.25, 0.3) is 6.08 Å². The summed E-state index contributed by atoms with van der Waals surface area (Å²) in [5.74, 6) is -1.14. The molecule has 0 bridgehead atoms. The smallest absolute Gasteiger partial charge is 0.430 e. The summed E-state index contributed by atoms with van der Waals surface area (Å²) in [5, 5.41) is 0.0748. The van der Waals surface area contributed by atoms with Gasteiger partial charge in [0.2, 0.25) is 6.10 Å². The zero-order valence-electron chi connectivity index (χ0n) is 13.8. The first-order chi connectivity index (χ1) is 10.9. The van der Waals surface area contributed by atoms with Gasteiger partial charge in [0.05, 0.1) is 17.2 Å². The van der Waals surface area contributed by atoms with E-state index in [4.69, 9.17) is 21.1 Å². The minimum atomic E-state index is -4.76. The normalized spacial score (nSPS) is 17.7. The summed E-state index contributed by atoms with van der Waals surface area (Å²) in [4.78, 5) is 11.9. The van der Waals surface area contributed by atoms with Crippen LogP contribution in [0.2, 0.25) is 5.02 Å². The molecule has 0 saturated heterocycles. The minimum absolute atomic E-state index is 0.0314. The van der Waals surface area contributed by atoms with Crippen molar-refractivity contribution in [2.45, 2.75) is 45.4 Å². The highest BCUT2D eigenvalue weighted by molar-refractivity contribution is 6.32. The molecule has 1 heterocycles. The molecular weight excluding hydrogens is 345 g/mol. The second kappa shape index (κ2) is 6.31. The third-order valence-electron chi connectivity index (χ3n) is 3.58. The van der Waals surface area contributed by atoms with E-state index < -0.39 is 23.8 Å². The summed E-state index contributed by atoms with van der Waals surface area (Å²) in [6.45, 7) is 7.33. The van der Waals surface area contributed by atoms with Crippen LogP contribution in [0, 0.1) is 0 Å². The van der Waals surface area contributed by atoms with Crippen molar-refractivity contribution in [3.63, 3.8) is 0 Å². The molecule has 0 aliphatic carbocycles. The van der Waals surface area contributed by atoms with Gasteiger partial charge < -0.3 is 9.47 Å². The van der Waals surface area contributed by atoms with E-state index in [0.29, 0.717) is 5.56 Å². The van der Waals surface area contributed by atoms with E-state index in [2.05, 4.69) is 0 Å². The quantitative estimate of drug-likeness (QED) is 0.701. The first-order valence-electron chi connectivity index (χ1n) is 7.41. The summed E-state index contributed by atoms with van der Waals surface area (Å²) in [5.41, 5.74) is 0.298. The van der Waals surface area contributed by atoms with Gasteiger partial charge >= 0.3 is 12.1 Å². The van der Waals surface area contributed by atoms with Crippen LogP contribution in [0.5, 0.6) is 5.75 Å². The van der Waals surface area contributed by atoms with E-state index >= 15 is 0 Å². The third-order valence-corrected chi connectivity index (χ3v) is 3.86. The minimum Gasteiger partial charge on any atom is -0.474 e. The lowest BCUT2D eigenvalue weighted by Crippen LogP contribution is -2.41. The monoisotopic (exact) mass is 362 g/mol. The van der Waals surface area contributed by atoms with Gasteiger partial charge in [-0.3, -0.25) is 0 Å². The van der Waals surface area contributed by atoms with Crippen LogP contribution in [0.4, 0.5) is 13.2 Å². The molecule has 0 radical (unpaired) electrons. The van der Waals surface area contributed by atoms with Crippen molar-refractivity contribution >= 4 is 23.6 Å². The summed E-state index contributed by atoms with van der Waals surface area (Å²) in [6.07, 6.45) is -6.01. The molecule has 1 atom stereocenters. The average molecular weight is 363 g/mol. The molecule has 2 rings (SSSR count). The lowest BCUT2D eigenvalue weighted by atomic mass is 9.85. The fourth-order valence-electron chi connectivity index (χ4n) is 2.33. The number of rotatable bonds is 2. The number of benzene rings is 1. The molecule has 0 saturated carbocycles. The molecular formula is C17H18ClF3O3. The summed E-state index contributed by atoms with van der Waals surface area (Å²) >= 11 is 6.12. The second-order valence-corrected chi connectivity index (χ2v) is 6.89. The van der Waals surface area contributed by atoms with Gasteiger partial charge in [-0.05, 0) is 36.1 Å². The molecule has 1 aromatic carbocycles. The Labute approximate surface area is 143 Å². The number of hydrogen-bond donors (Lipinski definition) is 0. The fourth-order valence-corrected chi connectivity index (χ4v) is 2.60. The number of alkyl halides is 3. The lowest BCUT2D eigenvalue weighted by molar-refractivity contribution is -0.187. The van der Waals surface area contributed by atoms with Crippen LogP contribution in [0.15, 0.2) is 17.7 Å². The van der Waals surface area contributed by atoms with Crippen LogP contribution in [0.1, 0.15) is 38.8 Å². The van der Waals surface area contributed by atoms with Crippen molar-refractivity contribution in [1.29, 1.82) is 0 Å². The first-order valence-corrected chi connectivity index (χ1v) is 7.79. The predicted octanol–water partition coefficient (Wildman–Crippen LogP) is 4.91. The molecule has 0 fully saturated rings. The maximum Gasteiger partial charge on any atom is 0.430 e. The molecule has 132 valence electrons. The Hall–Kier alpha value is -1.69. The van der Waals surface area contributed by atoms with Crippen molar-refractivity contribution in [3.8, 4) is 5.75 Å². The van der Waals surface area contributed by atoms with Gasteiger partial charge in [-0.1, -0.05) is 32.4 Å². The van der Waals surface area contributed by atoms with E-state index in [1.54, 1.807) is 12.1 Å². The topological polar surface area (TPSA) is 35.5 Å². The van der Waals surface area contributed by atoms with Crippen molar-refractivity contribution in [2.75, 3.05) is 6.61 Å². The van der Waals surface area contributed by atoms with Crippen LogP contribution < -0.4 is 4.74 Å². The van der Waals surface area contributed by atoms with Gasteiger partial charge in [0.25, 0.3) is 0 Å². The molecule has 1 aliphatic rings. The predicted molar refractivity (Wildman–Crippen MR) is 85.2 cm³/mol. The Morgan fingerprint density at radius 1 is 1.29 bits per heavy atom. The number of fused-ring (bicyclic) bond motifs is 1. The molecule has 24 heavy (non-hydrogen) atoms. The van der Waals surface area contributed by atoms with Crippen LogP contribution in [0.3, 0.4) is 0 Å². The number of carbonyl (C=O) groups excluding carboxylic acids is 1. The highest BCUT2D eigenvalue weighted by atomic mass is 35.5. The number of ether oxygens (including phenoxy) is 2. The van der Waals surface area contributed by atoms with Crippen molar-refractivity contribution in [2.24, 2.45) is 0 Å². The fraction of sp³-hybridized carbons (Fsp3) is 0.471. The summed E-state index contributed by atoms with van der Waals surface area (Å²) < 4.78 is 49.6. The number of esters is 1. The maximum atomic E-state index is 13.3. The highest BCUT2D eigenvalue weighted by Crippen LogP contribution is 2.43. The molecule has 1 aromatic rings. The van der Waals surface area contributed by atoms with Crippen LogP contribution in [-0.4, -0.2) is 24.9 Å². The van der Waals surface area contributed by atoms with Gasteiger partial charge in [-0.15, -0.1) is 0 Å². The van der Waals surface area contributed by atoms with Crippen molar-refractivity contribution < 1.29 is 27.4 Å². The van der Waals surface area contributed by atoms with Gasteiger partial charge in [-0.25, -0.2) is 4.79 Å². The standard InChI is InChI=1S/C17H18ClF3O3/c1-5-23-15(22)11-7-9-6-10(16(2,3)4)8-12(18)13(9)24-14(11)17(19,20)21/h6-8,14H,5H2,1-4H3. The lowest BCUT2D eigenvalue weighted by Gasteiger charge is -2.30. The Kier molecular flexibility index (Phi) is 4.91. The summed E-state index contributed by atoms with van der Waals surface area (Å²) in [7, 11) is 0. The molecule has 3 nitrogen and oxygen atoms in total. The largest absolute Gasteiger partial charge is 0.474 e. The van der Waals surface area contributed by atoms with Gasteiger partial charge in [0.15, 0.2) is 0 Å². The van der Waals surface area contributed by atoms with E-state index in [9.17, 15) is 18.0 Å². The molecule has 7 heteroatoms. The van der Waals surface area contributed by atoms with Crippen LogP contribution >= 0.6 is 11.6 Å². The Morgan fingerprint density at radius 3 is 2.42 bits per heavy atom. The van der Waals surface area contributed by atoms with E-state index in [0.717, 1.165) is 11.6 Å². The molecule has 0 aromatic heterocycles. The Morgan fingerprint density at radius 2 is 1.92 bits per heavy atom. The van der Waals surface area contributed by atoms with Crippen molar-refractivity contribution in [1.82, 2.24) is 0 Å². The first kappa shape index (κ1) is 18.6. The molecule has 0 spiro atoms. The van der Waals surface area contributed by atoms with E-state index in [-0.39, 0.29) is 22.8 Å². The highest BCUT2D eigenvalue weighted by Gasteiger charge is 2.49. The SMILES string of the molecule is CCOC(=O)C1=Cc2cc(C(C)(C)C)cc(Cl)c2OC1C(F)(F)F. The molecule has 0 N–H and O–H groups in total. The zero-order chi connectivity index (χ0) is 18.3. The Balaban J connectivity index is 2.61. The van der Waals surface area contributed by atoms with Gasteiger partial charge in [-0.2, -0.15) is 13.2 Å². The Bertz CT molecular complexity index is 688. The second-order valence-electron chi connectivity index (χ2n) is 6.49. The molecule has 1 unspecified atom stereocenters. The van der Waals surface area contributed by atoms with E-state index in [1.807, 2.05) is 20.8 Å². The number of carbonyl (C=O) groups is 1. The maximum absolute atomic E-state index is 13.3. The van der Waals surface area contributed by atoms with Gasteiger partial charge in [0, 0.05) is 5.56 Å². The van der Waals surface area contributed by atoms with Gasteiger partial charge in [0.1, 0.15) is 5.75 Å².